The molecule has 1 heterocycles. The van der Waals surface area contributed by atoms with Crippen molar-refractivity contribution in [2.45, 2.75) is 20.4 Å². The number of aliphatic hydroxyl groups is 1. The molecule has 0 aliphatic heterocycles. The minimum absolute atomic E-state index is 0.0563. The van der Waals surface area contributed by atoms with E-state index in [-0.39, 0.29) is 6.61 Å². The van der Waals surface area contributed by atoms with Gasteiger partial charge in [0.15, 0.2) is 0 Å². The lowest BCUT2D eigenvalue weighted by molar-refractivity contribution is 0.0938. The van der Waals surface area contributed by atoms with Crippen molar-refractivity contribution in [2.75, 3.05) is 26.4 Å². The molecule has 0 saturated carbocycles. The van der Waals surface area contributed by atoms with Gasteiger partial charge in [0.2, 0.25) is 0 Å². The number of aryl methyl sites for hydroxylation is 2. The van der Waals surface area contributed by atoms with Gasteiger partial charge in [-0.05, 0) is 43.2 Å². The molecular weight excluding hydrogens is 338 g/mol. The summed E-state index contributed by atoms with van der Waals surface area (Å²) in [6.45, 7) is 6.69. The van der Waals surface area contributed by atoms with E-state index in [0.29, 0.717) is 19.8 Å². The number of para-hydroxylation sites is 1. The number of nitrogens with zero attached hydrogens (tertiary/aromatic N) is 2. The molecule has 0 bridgehead atoms. The number of rotatable bonds is 9. The van der Waals surface area contributed by atoms with Crippen molar-refractivity contribution in [3.8, 4) is 16.9 Å². The zero-order chi connectivity index (χ0) is 19.1. The summed E-state index contributed by atoms with van der Waals surface area (Å²) in [4.78, 5) is 0. The van der Waals surface area contributed by atoms with Crippen LogP contribution in [0.1, 0.15) is 16.7 Å². The van der Waals surface area contributed by atoms with E-state index < -0.39 is 0 Å². The van der Waals surface area contributed by atoms with Crippen molar-refractivity contribution >= 4 is 0 Å². The van der Waals surface area contributed by atoms with Crippen molar-refractivity contribution in [2.24, 2.45) is 0 Å². The van der Waals surface area contributed by atoms with Crippen LogP contribution in [-0.4, -0.2) is 41.3 Å². The molecule has 2 aromatic carbocycles. The van der Waals surface area contributed by atoms with E-state index in [4.69, 9.17) is 14.9 Å². The van der Waals surface area contributed by atoms with Gasteiger partial charge in [-0.3, -0.25) is 0 Å². The minimum atomic E-state index is 0.0563. The molecule has 0 amide bonds. The molecule has 27 heavy (non-hydrogen) atoms. The number of ether oxygens (including phenoxy) is 1. The van der Waals surface area contributed by atoms with Gasteiger partial charge >= 0.3 is 0 Å². The van der Waals surface area contributed by atoms with Crippen LogP contribution < -0.4 is 5.32 Å². The summed E-state index contributed by atoms with van der Waals surface area (Å²) in [5.41, 5.74) is 6.84. The van der Waals surface area contributed by atoms with Crippen molar-refractivity contribution in [3.63, 3.8) is 0 Å². The molecule has 142 valence electrons. The summed E-state index contributed by atoms with van der Waals surface area (Å²) in [6.07, 6.45) is 2.08. The first kappa shape index (κ1) is 19.3. The third-order valence-electron chi connectivity index (χ3n) is 4.57. The SMILES string of the molecule is Cc1ccc(-c2nn(-c3ccccc3)cc2CNCCOCCO)cc1C. The predicted molar refractivity (Wildman–Crippen MR) is 108 cm³/mol. The zero-order valence-corrected chi connectivity index (χ0v) is 16.0. The van der Waals surface area contributed by atoms with Gasteiger partial charge in [0.25, 0.3) is 0 Å². The van der Waals surface area contributed by atoms with E-state index in [0.717, 1.165) is 29.1 Å². The lowest BCUT2D eigenvalue weighted by Crippen LogP contribution is -2.20. The molecule has 3 rings (SSSR count). The molecule has 3 aromatic rings. The fraction of sp³-hybridized carbons (Fsp3) is 0.318. The van der Waals surface area contributed by atoms with E-state index >= 15 is 0 Å². The molecule has 0 aliphatic carbocycles. The van der Waals surface area contributed by atoms with Gasteiger partial charge in [-0.25, -0.2) is 4.68 Å². The van der Waals surface area contributed by atoms with Gasteiger partial charge in [-0.2, -0.15) is 5.10 Å². The van der Waals surface area contributed by atoms with Crippen molar-refractivity contribution in [1.82, 2.24) is 15.1 Å². The molecule has 0 unspecified atom stereocenters. The Morgan fingerprint density at radius 2 is 1.85 bits per heavy atom. The number of hydrogen-bond donors (Lipinski definition) is 2. The average molecular weight is 365 g/mol. The van der Waals surface area contributed by atoms with E-state index in [9.17, 15) is 0 Å². The summed E-state index contributed by atoms with van der Waals surface area (Å²) >= 11 is 0. The highest BCUT2D eigenvalue weighted by molar-refractivity contribution is 5.64. The van der Waals surface area contributed by atoms with Gasteiger partial charge in [0.1, 0.15) is 0 Å². The van der Waals surface area contributed by atoms with Gasteiger partial charge < -0.3 is 15.2 Å². The van der Waals surface area contributed by atoms with Gasteiger partial charge in [-0.15, -0.1) is 0 Å². The predicted octanol–water partition coefficient (Wildman–Crippen LogP) is 3.25. The third-order valence-corrected chi connectivity index (χ3v) is 4.57. The third kappa shape index (κ3) is 5.04. The standard InChI is InChI=1S/C22H27N3O2/c1-17-8-9-19(14-18(17)2)22-20(15-23-10-12-27-13-11-26)16-25(24-22)21-6-4-3-5-7-21/h3-9,14,16,23,26H,10-13,15H2,1-2H3. The monoisotopic (exact) mass is 365 g/mol. The first-order chi connectivity index (χ1) is 13.2. The Kier molecular flexibility index (Phi) is 6.76. The largest absolute Gasteiger partial charge is 0.394 e. The lowest BCUT2D eigenvalue weighted by Gasteiger charge is -2.07. The molecule has 0 atom stereocenters. The van der Waals surface area contributed by atoms with E-state index in [1.807, 2.05) is 22.9 Å². The number of aliphatic hydroxyl groups excluding tert-OH is 1. The number of benzene rings is 2. The van der Waals surface area contributed by atoms with Crippen LogP contribution in [0, 0.1) is 13.8 Å². The van der Waals surface area contributed by atoms with Crippen molar-refractivity contribution < 1.29 is 9.84 Å². The summed E-state index contributed by atoms with van der Waals surface area (Å²) < 4.78 is 7.24. The second-order valence-corrected chi connectivity index (χ2v) is 6.59. The second kappa shape index (κ2) is 9.46. The maximum Gasteiger partial charge on any atom is 0.0972 e. The van der Waals surface area contributed by atoms with Crippen LogP contribution >= 0.6 is 0 Å². The van der Waals surface area contributed by atoms with Crippen LogP contribution in [-0.2, 0) is 11.3 Å². The van der Waals surface area contributed by atoms with Gasteiger partial charge in [0, 0.05) is 30.4 Å². The van der Waals surface area contributed by atoms with Gasteiger partial charge in [0.05, 0.1) is 31.2 Å². The fourth-order valence-electron chi connectivity index (χ4n) is 2.92. The van der Waals surface area contributed by atoms with Crippen LogP contribution in [0.3, 0.4) is 0 Å². The number of aromatic nitrogens is 2. The lowest BCUT2D eigenvalue weighted by atomic mass is 10.0. The van der Waals surface area contributed by atoms with Crippen LogP contribution in [0.4, 0.5) is 0 Å². The Balaban J connectivity index is 1.83. The Hall–Kier alpha value is -2.47. The molecule has 0 spiro atoms. The molecule has 1 aromatic heterocycles. The van der Waals surface area contributed by atoms with Crippen molar-refractivity contribution in [3.05, 3.63) is 71.4 Å². The molecule has 5 heteroatoms. The Labute approximate surface area is 160 Å². The van der Waals surface area contributed by atoms with E-state index in [1.54, 1.807) is 0 Å². The van der Waals surface area contributed by atoms with Crippen LogP contribution in [0.5, 0.6) is 0 Å². The summed E-state index contributed by atoms with van der Waals surface area (Å²) in [6, 6.07) is 16.6. The van der Waals surface area contributed by atoms with E-state index in [1.165, 1.54) is 11.1 Å². The number of hydrogen-bond acceptors (Lipinski definition) is 4. The Bertz CT molecular complexity index is 859. The summed E-state index contributed by atoms with van der Waals surface area (Å²) in [5.74, 6) is 0. The first-order valence-corrected chi connectivity index (χ1v) is 9.30. The van der Waals surface area contributed by atoms with Crippen LogP contribution in [0.15, 0.2) is 54.7 Å². The summed E-state index contributed by atoms with van der Waals surface area (Å²) in [7, 11) is 0. The molecule has 5 nitrogen and oxygen atoms in total. The summed E-state index contributed by atoms with van der Waals surface area (Å²) in [5, 5.41) is 17.0. The average Bonchev–Trinajstić information content (AvgIpc) is 3.12. The maximum absolute atomic E-state index is 8.76. The Morgan fingerprint density at radius 3 is 2.59 bits per heavy atom. The molecule has 0 radical (unpaired) electrons. The van der Waals surface area contributed by atoms with Crippen LogP contribution in [0.25, 0.3) is 16.9 Å². The van der Waals surface area contributed by atoms with E-state index in [2.05, 4.69) is 55.7 Å². The maximum atomic E-state index is 8.76. The zero-order valence-electron chi connectivity index (χ0n) is 16.0. The van der Waals surface area contributed by atoms with Gasteiger partial charge in [-0.1, -0.05) is 30.3 Å². The molecule has 2 N–H and O–H groups in total. The Morgan fingerprint density at radius 1 is 1.04 bits per heavy atom. The van der Waals surface area contributed by atoms with Crippen LogP contribution in [0.2, 0.25) is 0 Å². The first-order valence-electron chi connectivity index (χ1n) is 9.30. The highest BCUT2D eigenvalue weighted by atomic mass is 16.5. The molecule has 0 saturated heterocycles. The quantitative estimate of drug-likeness (QED) is 0.572. The molecular formula is C22H27N3O2. The highest BCUT2D eigenvalue weighted by Crippen LogP contribution is 2.25. The topological polar surface area (TPSA) is 59.3 Å². The smallest absolute Gasteiger partial charge is 0.0972 e. The molecule has 0 aliphatic rings. The second-order valence-electron chi connectivity index (χ2n) is 6.59. The fourth-order valence-corrected chi connectivity index (χ4v) is 2.92. The highest BCUT2D eigenvalue weighted by Gasteiger charge is 2.13. The molecule has 0 fully saturated rings. The van der Waals surface area contributed by atoms with Crippen molar-refractivity contribution in [1.29, 1.82) is 0 Å². The normalized spacial score (nSPS) is 11.1. The number of nitrogens with one attached hydrogen (secondary N) is 1. The minimum Gasteiger partial charge on any atom is -0.394 e.